The highest BCUT2D eigenvalue weighted by Crippen LogP contribution is 2.21. The van der Waals surface area contributed by atoms with Crippen molar-refractivity contribution in [3.8, 4) is 11.4 Å². The highest BCUT2D eigenvalue weighted by atomic mass is 16.5. The summed E-state index contributed by atoms with van der Waals surface area (Å²) in [4.78, 5) is 16.7. The van der Waals surface area contributed by atoms with Gasteiger partial charge >= 0.3 is 0 Å². The number of carbonyl (C=O) groups is 1. The first-order valence-electron chi connectivity index (χ1n) is 9.62. The molecule has 1 N–H and O–H groups in total. The lowest BCUT2D eigenvalue weighted by Gasteiger charge is -2.15. The van der Waals surface area contributed by atoms with Crippen molar-refractivity contribution in [3.63, 3.8) is 0 Å². The number of carbonyl (C=O) groups excluding carboxylic acids is 1. The van der Waals surface area contributed by atoms with E-state index in [1.54, 1.807) is 13.1 Å². The maximum Gasteiger partial charge on any atom is 0.261 e. The monoisotopic (exact) mass is 385 g/mol. The molecule has 0 saturated heterocycles. The molecule has 0 aliphatic heterocycles. The topological polar surface area (TPSA) is 56.2 Å². The van der Waals surface area contributed by atoms with Crippen LogP contribution in [0.3, 0.4) is 0 Å². The zero-order valence-electron chi connectivity index (χ0n) is 16.5. The molecule has 0 radical (unpaired) electrons. The Morgan fingerprint density at radius 2 is 1.83 bits per heavy atom. The number of benzene rings is 3. The van der Waals surface area contributed by atoms with Gasteiger partial charge in [0.2, 0.25) is 0 Å². The first-order chi connectivity index (χ1) is 14.1. The molecule has 1 aromatic heterocycles. The number of aromatic nitrogens is 2. The summed E-state index contributed by atoms with van der Waals surface area (Å²) >= 11 is 0. The van der Waals surface area contributed by atoms with E-state index in [0.717, 1.165) is 27.8 Å². The maximum atomic E-state index is 12.4. The maximum absolute atomic E-state index is 12.4. The number of imidazole rings is 1. The summed E-state index contributed by atoms with van der Waals surface area (Å²) in [6.45, 7) is 4.17. The summed E-state index contributed by atoms with van der Waals surface area (Å²) in [5.41, 5.74) is 2.07. The van der Waals surface area contributed by atoms with E-state index in [9.17, 15) is 4.79 Å². The van der Waals surface area contributed by atoms with Crippen molar-refractivity contribution < 1.29 is 9.53 Å². The molecule has 1 heterocycles. The summed E-state index contributed by atoms with van der Waals surface area (Å²) in [6.07, 6.45) is 3.13. The van der Waals surface area contributed by atoms with Gasteiger partial charge in [0, 0.05) is 24.6 Å². The SMILES string of the molecule is Cc1nccn1-c1ccc(CNC(=O)[C@@H](C)Oc2ccc3ccccc3c2)cc1. The molecule has 0 fully saturated rings. The second kappa shape index (κ2) is 8.19. The molecule has 4 rings (SSSR count). The summed E-state index contributed by atoms with van der Waals surface area (Å²) in [6, 6.07) is 22.0. The van der Waals surface area contributed by atoms with Crippen LogP contribution < -0.4 is 10.1 Å². The smallest absolute Gasteiger partial charge is 0.261 e. The summed E-state index contributed by atoms with van der Waals surface area (Å²) in [7, 11) is 0. The summed E-state index contributed by atoms with van der Waals surface area (Å²) in [5, 5.41) is 5.17. The molecule has 4 aromatic rings. The van der Waals surface area contributed by atoms with E-state index in [0.29, 0.717) is 12.3 Å². The Hall–Kier alpha value is -3.60. The third kappa shape index (κ3) is 4.29. The molecule has 3 aromatic carbocycles. The molecular formula is C24H23N3O2. The minimum Gasteiger partial charge on any atom is -0.481 e. The number of fused-ring (bicyclic) bond motifs is 1. The van der Waals surface area contributed by atoms with E-state index >= 15 is 0 Å². The van der Waals surface area contributed by atoms with E-state index in [4.69, 9.17) is 4.74 Å². The summed E-state index contributed by atoms with van der Waals surface area (Å²) in [5.74, 6) is 1.48. The van der Waals surface area contributed by atoms with E-state index in [2.05, 4.69) is 16.4 Å². The fourth-order valence-electron chi connectivity index (χ4n) is 3.26. The average Bonchev–Trinajstić information content (AvgIpc) is 3.18. The van der Waals surface area contributed by atoms with E-state index in [-0.39, 0.29) is 5.91 Å². The Morgan fingerprint density at radius 1 is 1.07 bits per heavy atom. The van der Waals surface area contributed by atoms with Crippen molar-refractivity contribution in [2.75, 3.05) is 0 Å². The van der Waals surface area contributed by atoms with Crippen LogP contribution in [0.5, 0.6) is 5.75 Å². The molecule has 5 heteroatoms. The molecule has 0 spiro atoms. The zero-order chi connectivity index (χ0) is 20.2. The Kier molecular flexibility index (Phi) is 5.29. The van der Waals surface area contributed by atoms with Crippen molar-refractivity contribution in [1.29, 1.82) is 0 Å². The van der Waals surface area contributed by atoms with Crippen LogP contribution in [-0.4, -0.2) is 21.6 Å². The predicted molar refractivity (Wildman–Crippen MR) is 114 cm³/mol. The number of rotatable bonds is 6. The minimum atomic E-state index is -0.580. The first kappa shape index (κ1) is 18.7. The van der Waals surface area contributed by atoms with Crippen molar-refractivity contribution in [1.82, 2.24) is 14.9 Å². The average molecular weight is 385 g/mol. The lowest BCUT2D eigenvalue weighted by atomic mass is 10.1. The number of aryl methyl sites for hydroxylation is 1. The number of nitrogens with one attached hydrogen (secondary N) is 1. The van der Waals surface area contributed by atoms with Crippen molar-refractivity contribution in [2.45, 2.75) is 26.5 Å². The van der Waals surface area contributed by atoms with Crippen LogP contribution in [0, 0.1) is 6.92 Å². The summed E-state index contributed by atoms with van der Waals surface area (Å²) < 4.78 is 7.85. The third-order valence-corrected chi connectivity index (χ3v) is 4.91. The highest BCUT2D eigenvalue weighted by molar-refractivity contribution is 5.84. The van der Waals surface area contributed by atoms with Crippen molar-refractivity contribution in [3.05, 3.63) is 90.5 Å². The van der Waals surface area contributed by atoms with Crippen LogP contribution in [0.25, 0.3) is 16.5 Å². The van der Waals surface area contributed by atoms with Gasteiger partial charge in [-0.1, -0.05) is 42.5 Å². The number of amides is 1. The van der Waals surface area contributed by atoms with Crippen LogP contribution in [0.15, 0.2) is 79.1 Å². The predicted octanol–water partition coefficient (Wildman–Crippen LogP) is 4.42. The molecule has 146 valence electrons. The van der Waals surface area contributed by atoms with Crippen LogP contribution in [0.1, 0.15) is 18.3 Å². The molecule has 0 bridgehead atoms. The molecule has 29 heavy (non-hydrogen) atoms. The largest absolute Gasteiger partial charge is 0.481 e. The highest BCUT2D eigenvalue weighted by Gasteiger charge is 2.14. The van der Waals surface area contributed by atoms with Gasteiger partial charge in [0.15, 0.2) is 6.10 Å². The quantitative estimate of drug-likeness (QED) is 0.535. The van der Waals surface area contributed by atoms with Gasteiger partial charge in [0.25, 0.3) is 5.91 Å². The Bertz CT molecular complexity index is 1130. The number of hydrogen-bond donors (Lipinski definition) is 1. The van der Waals surface area contributed by atoms with Gasteiger partial charge in [0.05, 0.1) is 0 Å². The lowest BCUT2D eigenvalue weighted by molar-refractivity contribution is -0.127. The van der Waals surface area contributed by atoms with E-state index in [1.807, 2.05) is 78.4 Å². The molecule has 0 aliphatic rings. The fraction of sp³-hybridized carbons (Fsp3) is 0.167. The Labute approximate surface area is 170 Å². The fourth-order valence-corrected chi connectivity index (χ4v) is 3.26. The van der Waals surface area contributed by atoms with Gasteiger partial charge in [-0.15, -0.1) is 0 Å². The Morgan fingerprint density at radius 3 is 2.55 bits per heavy atom. The molecule has 0 saturated carbocycles. The molecule has 0 unspecified atom stereocenters. The third-order valence-electron chi connectivity index (χ3n) is 4.91. The molecule has 0 aliphatic carbocycles. The standard InChI is InChI=1S/C24H23N3O2/c1-17(29-23-12-9-20-5-3-4-6-21(20)15-23)24(28)26-16-19-7-10-22(11-8-19)27-14-13-25-18(27)2/h3-15,17H,16H2,1-2H3,(H,26,28)/t17-/m1/s1. The molecule has 1 amide bonds. The van der Waals surface area contributed by atoms with Crippen molar-refractivity contribution >= 4 is 16.7 Å². The van der Waals surface area contributed by atoms with Gasteiger partial charge in [-0.05, 0) is 54.4 Å². The molecule has 1 atom stereocenters. The van der Waals surface area contributed by atoms with Crippen molar-refractivity contribution in [2.24, 2.45) is 0 Å². The zero-order valence-corrected chi connectivity index (χ0v) is 16.5. The first-order valence-corrected chi connectivity index (χ1v) is 9.62. The van der Waals surface area contributed by atoms with Gasteiger partial charge in [-0.3, -0.25) is 4.79 Å². The number of ether oxygens (including phenoxy) is 1. The van der Waals surface area contributed by atoms with E-state index < -0.39 is 6.10 Å². The minimum absolute atomic E-state index is 0.146. The van der Waals surface area contributed by atoms with Gasteiger partial charge in [-0.25, -0.2) is 4.98 Å². The van der Waals surface area contributed by atoms with Gasteiger partial charge in [-0.2, -0.15) is 0 Å². The Balaban J connectivity index is 1.34. The lowest BCUT2D eigenvalue weighted by Crippen LogP contribution is -2.35. The van der Waals surface area contributed by atoms with Gasteiger partial charge < -0.3 is 14.6 Å². The number of nitrogens with zero attached hydrogens (tertiary/aromatic N) is 2. The van der Waals surface area contributed by atoms with Gasteiger partial charge in [0.1, 0.15) is 11.6 Å². The normalized spacial score (nSPS) is 11.9. The van der Waals surface area contributed by atoms with E-state index in [1.165, 1.54) is 0 Å². The van der Waals surface area contributed by atoms with Crippen LogP contribution in [0.2, 0.25) is 0 Å². The van der Waals surface area contributed by atoms with Crippen LogP contribution in [0.4, 0.5) is 0 Å². The second-order valence-corrected chi connectivity index (χ2v) is 7.00. The number of hydrogen-bond acceptors (Lipinski definition) is 3. The van der Waals surface area contributed by atoms with Crippen LogP contribution >= 0.6 is 0 Å². The molecule has 5 nitrogen and oxygen atoms in total. The molecular weight excluding hydrogens is 362 g/mol. The second-order valence-electron chi connectivity index (χ2n) is 7.00. The van der Waals surface area contributed by atoms with Crippen LogP contribution in [-0.2, 0) is 11.3 Å².